The molecule has 0 bridgehead atoms. The highest BCUT2D eigenvalue weighted by Crippen LogP contribution is 2.28. The number of nitrogens with zero attached hydrogens (tertiary/aromatic N) is 4. The summed E-state index contributed by atoms with van der Waals surface area (Å²) in [6, 6.07) is 8.93. The Labute approximate surface area is 152 Å². The van der Waals surface area contributed by atoms with Gasteiger partial charge >= 0.3 is 0 Å². The molecule has 1 aromatic carbocycles. The van der Waals surface area contributed by atoms with E-state index >= 15 is 0 Å². The maximum absolute atomic E-state index is 13.0. The molecule has 7 nitrogen and oxygen atoms in total. The monoisotopic (exact) mass is 371 g/mol. The third kappa shape index (κ3) is 2.75. The molecule has 1 aliphatic heterocycles. The van der Waals surface area contributed by atoms with E-state index in [4.69, 9.17) is 0 Å². The molecular formula is C18H21N5O2S. The Morgan fingerprint density at radius 3 is 2.65 bits per heavy atom. The van der Waals surface area contributed by atoms with Gasteiger partial charge < -0.3 is 10.2 Å². The molecular weight excluding hydrogens is 350 g/mol. The molecule has 3 aromatic rings. The molecule has 1 aliphatic rings. The molecule has 1 saturated heterocycles. The van der Waals surface area contributed by atoms with Gasteiger partial charge in [0.05, 0.1) is 10.3 Å². The highest BCUT2D eigenvalue weighted by atomic mass is 32.2. The zero-order chi connectivity index (χ0) is 18.3. The van der Waals surface area contributed by atoms with Crippen LogP contribution in [-0.4, -0.2) is 48.5 Å². The van der Waals surface area contributed by atoms with E-state index in [-0.39, 0.29) is 4.90 Å². The van der Waals surface area contributed by atoms with Crippen molar-refractivity contribution in [1.82, 2.24) is 19.3 Å². The Bertz CT molecular complexity index is 1040. The van der Waals surface area contributed by atoms with Crippen LogP contribution in [0.25, 0.3) is 11.0 Å². The molecule has 0 amide bonds. The largest absolute Gasteiger partial charge is 0.355 e. The van der Waals surface area contributed by atoms with Crippen LogP contribution in [0.5, 0.6) is 0 Å². The first-order valence-corrected chi connectivity index (χ1v) is 10.0. The summed E-state index contributed by atoms with van der Waals surface area (Å²) in [4.78, 5) is 11.0. The normalized spacial score (nSPS) is 17.7. The lowest BCUT2D eigenvalue weighted by atomic mass is 10.2. The highest BCUT2D eigenvalue weighted by Gasteiger charge is 2.25. The predicted octanol–water partition coefficient (Wildman–Crippen LogP) is 1.77. The first-order valence-electron chi connectivity index (χ1n) is 8.56. The maximum atomic E-state index is 13.0. The summed E-state index contributed by atoms with van der Waals surface area (Å²) in [5.41, 5.74) is 1.41. The van der Waals surface area contributed by atoms with Gasteiger partial charge in [-0.3, -0.25) is 0 Å². The lowest BCUT2D eigenvalue weighted by Gasteiger charge is -2.25. The summed E-state index contributed by atoms with van der Waals surface area (Å²) in [6.45, 7) is 3.80. The van der Waals surface area contributed by atoms with Gasteiger partial charge in [0.2, 0.25) is 0 Å². The van der Waals surface area contributed by atoms with Crippen molar-refractivity contribution in [2.24, 2.45) is 0 Å². The van der Waals surface area contributed by atoms with Gasteiger partial charge in [0, 0.05) is 25.8 Å². The van der Waals surface area contributed by atoms with Gasteiger partial charge in [-0.15, -0.1) is 0 Å². The zero-order valence-corrected chi connectivity index (χ0v) is 15.6. The van der Waals surface area contributed by atoms with Crippen molar-refractivity contribution < 1.29 is 8.42 Å². The fraction of sp³-hybridized carbons (Fsp3) is 0.333. The molecule has 4 rings (SSSR count). The van der Waals surface area contributed by atoms with Crippen molar-refractivity contribution in [2.75, 3.05) is 25.0 Å². The van der Waals surface area contributed by atoms with Gasteiger partial charge in [-0.05, 0) is 38.1 Å². The minimum absolute atomic E-state index is 0.245. The summed E-state index contributed by atoms with van der Waals surface area (Å²) in [7, 11) is -1.71. The smallest absolute Gasteiger partial charge is 0.269 e. The van der Waals surface area contributed by atoms with Gasteiger partial charge in [-0.1, -0.05) is 17.7 Å². The third-order valence-corrected chi connectivity index (χ3v) is 6.60. The topological polar surface area (TPSA) is 80.1 Å². The molecule has 136 valence electrons. The SMILES string of the molecule is Cc1ccc(S(=O)(=O)n2ccc3c(N(C)[C@@H]4CCNC4)ncnc32)cc1. The van der Waals surface area contributed by atoms with Crippen LogP contribution in [0, 0.1) is 6.92 Å². The fourth-order valence-electron chi connectivity index (χ4n) is 3.36. The van der Waals surface area contributed by atoms with Crippen molar-refractivity contribution in [3.8, 4) is 0 Å². The van der Waals surface area contributed by atoms with Gasteiger partial charge in [0.25, 0.3) is 10.0 Å². The van der Waals surface area contributed by atoms with E-state index in [0.717, 1.165) is 36.3 Å². The van der Waals surface area contributed by atoms with Gasteiger partial charge in [0.1, 0.15) is 12.1 Å². The van der Waals surface area contributed by atoms with Gasteiger partial charge in [-0.2, -0.15) is 0 Å². The average molecular weight is 371 g/mol. The second kappa shape index (κ2) is 6.37. The van der Waals surface area contributed by atoms with Gasteiger partial charge in [-0.25, -0.2) is 22.4 Å². The van der Waals surface area contributed by atoms with Crippen molar-refractivity contribution in [3.05, 3.63) is 48.4 Å². The van der Waals surface area contributed by atoms with E-state index in [9.17, 15) is 8.42 Å². The van der Waals surface area contributed by atoms with Crippen molar-refractivity contribution in [3.63, 3.8) is 0 Å². The van der Waals surface area contributed by atoms with Crippen LogP contribution in [0.2, 0.25) is 0 Å². The first kappa shape index (κ1) is 17.0. The number of hydrogen-bond acceptors (Lipinski definition) is 6. The molecule has 0 radical (unpaired) electrons. The van der Waals surface area contributed by atoms with Crippen LogP contribution in [0.3, 0.4) is 0 Å². The van der Waals surface area contributed by atoms with Crippen molar-refractivity contribution in [2.45, 2.75) is 24.3 Å². The number of benzene rings is 1. The molecule has 1 N–H and O–H groups in total. The quantitative estimate of drug-likeness (QED) is 0.753. The lowest BCUT2D eigenvalue weighted by molar-refractivity contribution is 0.588. The minimum atomic E-state index is -3.70. The van der Waals surface area contributed by atoms with Crippen LogP contribution >= 0.6 is 0 Å². The number of aromatic nitrogens is 3. The fourth-order valence-corrected chi connectivity index (χ4v) is 4.66. The Morgan fingerprint density at radius 2 is 1.96 bits per heavy atom. The third-order valence-electron chi connectivity index (χ3n) is 4.92. The van der Waals surface area contributed by atoms with Crippen LogP contribution in [0.4, 0.5) is 5.82 Å². The number of fused-ring (bicyclic) bond motifs is 1. The van der Waals surface area contributed by atoms with Crippen LogP contribution in [0.15, 0.2) is 47.8 Å². The molecule has 0 spiro atoms. The van der Waals surface area contributed by atoms with E-state index in [0.29, 0.717) is 11.7 Å². The number of nitrogens with one attached hydrogen (secondary N) is 1. The Balaban J connectivity index is 1.80. The van der Waals surface area contributed by atoms with Crippen LogP contribution in [-0.2, 0) is 10.0 Å². The zero-order valence-electron chi connectivity index (χ0n) is 14.8. The summed E-state index contributed by atoms with van der Waals surface area (Å²) >= 11 is 0. The van der Waals surface area contributed by atoms with E-state index < -0.39 is 10.0 Å². The molecule has 0 unspecified atom stereocenters. The summed E-state index contributed by atoms with van der Waals surface area (Å²) in [5, 5.41) is 4.07. The molecule has 0 aliphatic carbocycles. The minimum Gasteiger partial charge on any atom is -0.355 e. The molecule has 1 atom stereocenters. The summed E-state index contributed by atoms with van der Waals surface area (Å²) in [6.07, 6.45) is 4.01. The number of aryl methyl sites for hydroxylation is 1. The van der Waals surface area contributed by atoms with E-state index in [1.54, 1.807) is 36.5 Å². The summed E-state index contributed by atoms with van der Waals surface area (Å²) < 4.78 is 27.3. The Kier molecular flexibility index (Phi) is 4.16. The second-order valence-electron chi connectivity index (χ2n) is 6.62. The first-order chi connectivity index (χ1) is 12.5. The second-order valence-corrected chi connectivity index (χ2v) is 8.44. The maximum Gasteiger partial charge on any atom is 0.269 e. The van der Waals surface area contributed by atoms with E-state index in [2.05, 4.69) is 20.2 Å². The molecule has 8 heteroatoms. The summed E-state index contributed by atoms with van der Waals surface area (Å²) in [5.74, 6) is 0.751. The van der Waals surface area contributed by atoms with E-state index in [1.165, 1.54) is 10.3 Å². The number of hydrogen-bond donors (Lipinski definition) is 1. The molecule has 2 aromatic heterocycles. The number of rotatable bonds is 4. The van der Waals surface area contributed by atoms with Gasteiger partial charge in [0.15, 0.2) is 5.65 Å². The Hall–Kier alpha value is -2.45. The number of anilines is 1. The van der Waals surface area contributed by atoms with Crippen molar-refractivity contribution >= 4 is 26.9 Å². The van der Waals surface area contributed by atoms with Crippen molar-refractivity contribution in [1.29, 1.82) is 0 Å². The van der Waals surface area contributed by atoms with E-state index in [1.807, 2.05) is 14.0 Å². The lowest BCUT2D eigenvalue weighted by Crippen LogP contribution is -2.34. The molecule has 0 saturated carbocycles. The number of likely N-dealkylation sites (N-methyl/N-ethyl adjacent to an activating group) is 1. The van der Waals surface area contributed by atoms with Crippen LogP contribution < -0.4 is 10.2 Å². The Morgan fingerprint density at radius 1 is 1.19 bits per heavy atom. The molecule has 26 heavy (non-hydrogen) atoms. The highest BCUT2D eigenvalue weighted by molar-refractivity contribution is 7.90. The average Bonchev–Trinajstić information content (AvgIpc) is 3.31. The molecule has 1 fully saturated rings. The standard InChI is InChI=1S/C18H21N5O2S/c1-13-3-5-15(6-4-13)26(24,25)23-10-8-16-17(20-12-21-18(16)23)22(2)14-7-9-19-11-14/h3-6,8,10,12,14,19H,7,9,11H2,1-2H3/t14-/m1/s1. The predicted molar refractivity (Wildman–Crippen MR) is 101 cm³/mol. The molecule has 3 heterocycles. The van der Waals surface area contributed by atoms with Crippen LogP contribution in [0.1, 0.15) is 12.0 Å².